The van der Waals surface area contributed by atoms with Gasteiger partial charge in [0.2, 0.25) is 5.71 Å². The lowest BCUT2D eigenvalue weighted by molar-refractivity contribution is 0.406. The van der Waals surface area contributed by atoms with Crippen LogP contribution in [0.15, 0.2) is 64.2 Å². The third-order valence-corrected chi connectivity index (χ3v) is 5.44. The van der Waals surface area contributed by atoms with Gasteiger partial charge < -0.3 is 19.8 Å². The van der Waals surface area contributed by atoms with Gasteiger partial charge in [-0.25, -0.2) is 9.97 Å². The predicted octanol–water partition coefficient (Wildman–Crippen LogP) is 3.22. The molecule has 1 saturated carbocycles. The third kappa shape index (κ3) is 3.94. The maximum absolute atomic E-state index is 12.4. The van der Waals surface area contributed by atoms with Gasteiger partial charge in [0.05, 0.1) is 19.0 Å². The van der Waals surface area contributed by atoms with E-state index in [1.165, 1.54) is 11.7 Å². The van der Waals surface area contributed by atoms with Gasteiger partial charge in [-0.1, -0.05) is 0 Å². The molecule has 5 rings (SSSR count). The Morgan fingerprint density at radius 3 is 2.74 bits per heavy atom. The van der Waals surface area contributed by atoms with Gasteiger partial charge in [-0.3, -0.25) is 9.36 Å². The average Bonchev–Trinajstić information content (AvgIpc) is 3.41. The summed E-state index contributed by atoms with van der Waals surface area (Å²) in [5.41, 5.74) is 1.76. The van der Waals surface area contributed by atoms with Gasteiger partial charge in [0.15, 0.2) is 5.75 Å². The molecular weight excluding hydrogens is 396 g/mol. The number of hydrogen-bond donors (Lipinski definition) is 2. The number of anilines is 2. The zero-order chi connectivity index (χ0) is 21.2. The number of nitrogens with one attached hydrogen (secondary N) is 2. The Hall–Kier alpha value is -3.88. The third-order valence-electron chi connectivity index (χ3n) is 5.44. The molecule has 0 radical (unpaired) electrons. The van der Waals surface area contributed by atoms with Crippen LogP contribution in [0.5, 0.6) is 5.75 Å². The number of rotatable bonds is 6. The van der Waals surface area contributed by atoms with E-state index < -0.39 is 0 Å². The lowest BCUT2D eigenvalue weighted by Crippen LogP contribution is -2.21. The fourth-order valence-electron chi connectivity index (χ4n) is 3.91. The van der Waals surface area contributed by atoms with Crippen molar-refractivity contribution in [2.24, 2.45) is 0 Å². The van der Waals surface area contributed by atoms with E-state index in [-0.39, 0.29) is 17.6 Å². The van der Waals surface area contributed by atoms with Crippen LogP contribution in [0.2, 0.25) is 0 Å². The molecule has 158 valence electrons. The van der Waals surface area contributed by atoms with Crippen molar-refractivity contribution in [1.29, 1.82) is 0 Å². The van der Waals surface area contributed by atoms with Crippen LogP contribution in [0.4, 0.5) is 11.8 Å². The van der Waals surface area contributed by atoms with E-state index in [0.717, 1.165) is 30.6 Å². The zero-order valence-electron chi connectivity index (χ0n) is 17.0. The lowest BCUT2D eigenvalue weighted by Gasteiger charge is -2.15. The van der Waals surface area contributed by atoms with E-state index in [9.17, 15) is 4.79 Å². The molecule has 9 heteroatoms. The number of methoxy groups -OCH3 is 1. The molecule has 0 bridgehead atoms. The molecular formula is C22H22N6O3. The van der Waals surface area contributed by atoms with Crippen molar-refractivity contribution in [1.82, 2.24) is 19.5 Å². The number of hydrogen-bond acceptors (Lipinski definition) is 8. The summed E-state index contributed by atoms with van der Waals surface area (Å²) in [6.07, 6.45) is 8.00. The fourth-order valence-corrected chi connectivity index (χ4v) is 3.91. The zero-order valence-corrected chi connectivity index (χ0v) is 17.0. The highest BCUT2D eigenvalue weighted by atomic mass is 16.5. The van der Waals surface area contributed by atoms with Gasteiger partial charge in [0, 0.05) is 24.5 Å². The number of pyridine rings is 3. The Bertz CT molecular complexity index is 1220. The summed E-state index contributed by atoms with van der Waals surface area (Å²) in [5, 5.41) is 6.84. The molecule has 1 aliphatic rings. The number of oxazole rings is 1. The fraction of sp³-hybridized carbons (Fsp3) is 0.273. The summed E-state index contributed by atoms with van der Waals surface area (Å²) in [6, 6.07) is 11.9. The van der Waals surface area contributed by atoms with Crippen LogP contribution >= 0.6 is 0 Å². The molecule has 0 aromatic carbocycles. The van der Waals surface area contributed by atoms with Crippen molar-refractivity contribution >= 4 is 23.1 Å². The molecule has 2 atom stereocenters. The predicted molar refractivity (Wildman–Crippen MR) is 117 cm³/mol. The van der Waals surface area contributed by atoms with E-state index >= 15 is 0 Å². The smallest absolute Gasteiger partial charge is 0.297 e. The van der Waals surface area contributed by atoms with Gasteiger partial charge >= 0.3 is 0 Å². The summed E-state index contributed by atoms with van der Waals surface area (Å²) >= 11 is 0. The molecule has 0 spiro atoms. The highest BCUT2D eigenvalue weighted by Gasteiger charge is 2.26. The van der Waals surface area contributed by atoms with Crippen LogP contribution in [0, 0.1) is 0 Å². The Morgan fingerprint density at radius 1 is 1.10 bits per heavy atom. The second-order valence-electron chi connectivity index (χ2n) is 7.50. The van der Waals surface area contributed by atoms with Crippen molar-refractivity contribution in [2.75, 3.05) is 17.7 Å². The maximum atomic E-state index is 12.4. The summed E-state index contributed by atoms with van der Waals surface area (Å²) < 4.78 is 12.3. The number of fused-ring (bicyclic) bond motifs is 1. The highest BCUT2D eigenvalue weighted by Crippen LogP contribution is 2.26. The van der Waals surface area contributed by atoms with Crippen LogP contribution < -0.4 is 20.9 Å². The Morgan fingerprint density at radius 2 is 1.97 bits per heavy atom. The van der Waals surface area contributed by atoms with Crippen molar-refractivity contribution in [3.63, 3.8) is 0 Å². The van der Waals surface area contributed by atoms with Gasteiger partial charge in [0.1, 0.15) is 11.3 Å². The largest absolute Gasteiger partial charge is 0.491 e. The van der Waals surface area contributed by atoms with E-state index in [2.05, 4.69) is 25.6 Å². The second kappa shape index (κ2) is 8.10. The monoisotopic (exact) mass is 418 g/mol. The van der Waals surface area contributed by atoms with Crippen molar-refractivity contribution in [2.45, 2.75) is 31.3 Å². The molecule has 2 N–H and O–H groups in total. The average molecular weight is 418 g/mol. The molecule has 0 aliphatic heterocycles. The minimum absolute atomic E-state index is 0.216. The Labute approximate surface area is 178 Å². The van der Waals surface area contributed by atoms with Crippen molar-refractivity contribution in [3.05, 3.63) is 65.3 Å². The van der Waals surface area contributed by atoms with Gasteiger partial charge in [-0.15, -0.1) is 0 Å². The number of nitrogens with zero attached hydrogens (tertiary/aromatic N) is 4. The highest BCUT2D eigenvalue weighted by molar-refractivity contribution is 5.69. The first-order valence-corrected chi connectivity index (χ1v) is 10.2. The van der Waals surface area contributed by atoms with Gasteiger partial charge in [0.25, 0.3) is 11.6 Å². The standard InChI is InChI=1S/C22H22N6O3/c1-30-18-5-3-11-28(21(18)29)16-8-9-19(24-13-16)25-14-6-7-15(12-14)26-22-27-17-4-2-10-23-20(17)31-22/h2-5,8-11,13-15H,6-7,12H2,1H3,(H,24,25)(H,26,27)/t14-,15-/m0/s1. The van der Waals surface area contributed by atoms with E-state index in [4.69, 9.17) is 9.15 Å². The van der Waals surface area contributed by atoms with Crippen molar-refractivity contribution < 1.29 is 9.15 Å². The SMILES string of the molecule is COc1cccn(-c2ccc(N[C@H]3CC[C@H](Nc4nc5cccnc5o4)C3)nc2)c1=O. The first-order chi connectivity index (χ1) is 15.2. The van der Waals surface area contributed by atoms with Gasteiger partial charge in [-0.2, -0.15) is 4.98 Å². The quantitative estimate of drug-likeness (QED) is 0.492. The summed E-state index contributed by atoms with van der Waals surface area (Å²) in [6.45, 7) is 0. The molecule has 4 aromatic heterocycles. The first kappa shape index (κ1) is 19.1. The summed E-state index contributed by atoms with van der Waals surface area (Å²) in [4.78, 5) is 25.5. The first-order valence-electron chi connectivity index (χ1n) is 10.2. The van der Waals surface area contributed by atoms with E-state index in [1.807, 2.05) is 24.3 Å². The van der Waals surface area contributed by atoms with Crippen LogP contribution in [0.3, 0.4) is 0 Å². The molecule has 4 aromatic rings. The molecule has 31 heavy (non-hydrogen) atoms. The molecule has 9 nitrogen and oxygen atoms in total. The second-order valence-corrected chi connectivity index (χ2v) is 7.50. The minimum atomic E-state index is -0.216. The molecule has 0 saturated heterocycles. The summed E-state index contributed by atoms with van der Waals surface area (Å²) in [7, 11) is 1.48. The molecule has 1 aliphatic carbocycles. The normalized spacial score (nSPS) is 18.2. The van der Waals surface area contributed by atoms with Crippen LogP contribution in [-0.4, -0.2) is 38.7 Å². The lowest BCUT2D eigenvalue weighted by atomic mass is 10.2. The molecule has 0 unspecified atom stereocenters. The molecule has 4 heterocycles. The topological polar surface area (TPSA) is 107 Å². The minimum Gasteiger partial charge on any atom is -0.491 e. The van der Waals surface area contributed by atoms with E-state index in [1.54, 1.807) is 30.7 Å². The number of ether oxygens (including phenoxy) is 1. The molecule has 1 fully saturated rings. The Kier molecular flexibility index (Phi) is 4.99. The van der Waals surface area contributed by atoms with E-state index in [0.29, 0.717) is 23.2 Å². The Balaban J connectivity index is 1.21. The van der Waals surface area contributed by atoms with Crippen LogP contribution in [0.25, 0.3) is 16.9 Å². The molecule has 0 amide bonds. The number of aromatic nitrogens is 4. The van der Waals surface area contributed by atoms with Crippen molar-refractivity contribution in [3.8, 4) is 11.4 Å². The van der Waals surface area contributed by atoms with Crippen LogP contribution in [0.1, 0.15) is 19.3 Å². The van der Waals surface area contributed by atoms with Gasteiger partial charge in [-0.05, 0) is 55.7 Å². The summed E-state index contributed by atoms with van der Waals surface area (Å²) in [5.74, 6) is 1.07. The van der Waals surface area contributed by atoms with Crippen LogP contribution in [-0.2, 0) is 0 Å². The maximum Gasteiger partial charge on any atom is 0.297 e.